The molecule has 0 aliphatic rings. The summed E-state index contributed by atoms with van der Waals surface area (Å²) in [6, 6.07) is 7.56. The maximum atomic E-state index is 9.25. The summed E-state index contributed by atoms with van der Waals surface area (Å²) in [5, 5.41) is 9.25. The molecule has 2 heteroatoms. The number of hydrogen-bond acceptors (Lipinski definition) is 1. The topological polar surface area (TPSA) is 20.2 Å². The molecule has 0 unspecified atom stereocenters. The van der Waals surface area contributed by atoms with Crippen LogP contribution in [0.4, 0.5) is 0 Å². The average molecular weight is 230 g/mol. The molecule has 86 valence electrons. The summed E-state index contributed by atoms with van der Waals surface area (Å²) in [4.78, 5) is 0. The zero-order valence-corrected chi connectivity index (χ0v) is 10.5. The molecule has 0 bridgehead atoms. The molecule has 0 aliphatic carbocycles. The first-order valence-corrected chi connectivity index (χ1v) is 5.50. The van der Waals surface area contributed by atoms with Crippen LogP contribution in [-0.4, -0.2) is 34.7 Å². The summed E-state index contributed by atoms with van der Waals surface area (Å²) in [5.74, 6) is 0.338. The van der Waals surface area contributed by atoms with Gasteiger partial charge in [-0.2, -0.15) is 0 Å². The fourth-order valence-corrected chi connectivity index (χ4v) is 2.34. The Morgan fingerprint density at radius 2 is 1.38 bits per heavy atom. The second-order valence-corrected chi connectivity index (χ2v) is 6.17. The third-order valence-electron chi connectivity index (χ3n) is 2.62. The van der Waals surface area contributed by atoms with Crippen molar-refractivity contribution in [3.8, 4) is 5.75 Å². The van der Waals surface area contributed by atoms with Gasteiger partial charge in [-0.3, -0.25) is 0 Å². The quantitative estimate of drug-likeness (QED) is 0.771. The Kier molecular flexibility index (Phi) is 5.58. The van der Waals surface area contributed by atoms with E-state index in [1.807, 2.05) is 12.1 Å². The predicted molar refractivity (Wildman–Crippen MR) is 72.4 cm³/mol. The molecule has 0 fully saturated rings. The molecule has 0 saturated heterocycles. The van der Waals surface area contributed by atoms with Crippen LogP contribution < -0.4 is 0 Å². The average Bonchev–Trinajstić information content (AvgIpc) is 2.00. The van der Waals surface area contributed by atoms with E-state index in [0.717, 1.165) is 6.42 Å². The number of benzene rings is 1. The second-order valence-electron chi connectivity index (χ2n) is 6.17. The van der Waals surface area contributed by atoms with Gasteiger partial charge in [0.05, 0.1) is 0 Å². The van der Waals surface area contributed by atoms with Gasteiger partial charge in [-0.05, 0) is 34.9 Å². The van der Waals surface area contributed by atoms with E-state index in [1.54, 1.807) is 12.1 Å². The van der Waals surface area contributed by atoms with Gasteiger partial charge in [0, 0.05) is 0 Å². The van der Waals surface area contributed by atoms with Gasteiger partial charge in [0.2, 0.25) is 0 Å². The first kappa shape index (κ1) is 16.0. The van der Waals surface area contributed by atoms with Gasteiger partial charge in [0.1, 0.15) is 5.75 Å². The van der Waals surface area contributed by atoms with E-state index in [2.05, 4.69) is 34.6 Å². The molecule has 0 heterocycles. The van der Waals surface area contributed by atoms with E-state index in [-0.39, 0.29) is 35.0 Å². The van der Waals surface area contributed by atoms with Crippen LogP contribution >= 0.6 is 0 Å². The first-order chi connectivity index (χ1) is 6.71. The number of rotatable bonds is 2. The zero-order valence-electron chi connectivity index (χ0n) is 10.5. The minimum atomic E-state index is 0. The standard InChI is InChI=1S/C14H22O.Na.H/c1-13(2,3)10-14(4,5)11-6-8-12(15)9-7-11;;/h6-9,15H,10H2,1-5H3;;. The van der Waals surface area contributed by atoms with Crippen LogP contribution in [0.15, 0.2) is 24.3 Å². The fourth-order valence-electron chi connectivity index (χ4n) is 2.34. The molecule has 0 saturated carbocycles. The van der Waals surface area contributed by atoms with Gasteiger partial charge in [-0.15, -0.1) is 0 Å². The SMILES string of the molecule is CC(C)(C)CC(C)(C)c1ccc(O)cc1.[NaH]. The van der Waals surface area contributed by atoms with E-state index in [0.29, 0.717) is 11.2 Å². The van der Waals surface area contributed by atoms with Crippen molar-refractivity contribution in [1.29, 1.82) is 0 Å². The van der Waals surface area contributed by atoms with Crippen molar-refractivity contribution in [1.82, 2.24) is 0 Å². The summed E-state index contributed by atoms with van der Waals surface area (Å²) in [6.45, 7) is 11.3. The van der Waals surface area contributed by atoms with Crippen LogP contribution in [0.2, 0.25) is 0 Å². The molecular formula is C14H23NaO. The Bertz CT molecular complexity index is 320. The molecule has 16 heavy (non-hydrogen) atoms. The van der Waals surface area contributed by atoms with Crippen molar-refractivity contribution in [2.75, 3.05) is 0 Å². The Hall–Kier alpha value is 0.0200. The summed E-state index contributed by atoms with van der Waals surface area (Å²) in [7, 11) is 0. The van der Waals surface area contributed by atoms with Crippen molar-refractivity contribution < 1.29 is 5.11 Å². The van der Waals surface area contributed by atoms with Crippen LogP contribution in [-0.2, 0) is 5.41 Å². The fraction of sp³-hybridized carbons (Fsp3) is 0.571. The van der Waals surface area contributed by atoms with Crippen molar-refractivity contribution in [2.24, 2.45) is 5.41 Å². The molecule has 1 nitrogen and oxygen atoms in total. The van der Waals surface area contributed by atoms with E-state index >= 15 is 0 Å². The Morgan fingerprint density at radius 3 is 1.75 bits per heavy atom. The molecule has 0 amide bonds. The van der Waals surface area contributed by atoms with Crippen molar-refractivity contribution in [3.63, 3.8) is 0 Å². The molecule has 0 aliphatic heterocycles. The number of phenolic OH excluding ortho intramolecular Hbond substituents is 1. The van der Waals surface area contributed by atoms with Crippen LogP contribution in [0.3, 0.4) is 0 Å². The molecule has 0 atom stereocenters. The Labute approximate surface area is 122 Å². The van der Waals surface area contributed by atoms with Crippen LogP contribution in [0.25, 0.3) is 0 Å². The molecule has 1 N–H and O–H groups in total. The second kappa shape index (κ2) is 5.57. The number of phenols is 1. The zero-order chi connectivity index (χ0) is 11.7. The molecule has 0 radical (unpaired) electrons. The first-order valence-electron chi connectivity index (χ1n) is 5.50. The van der Waals surface area contributed by atoms with Gasteiger partial charge >= 0.3 is 29.6 Å². The summed E-state index contributed by atoms with van der Waals surface area (Å²) in [5.41, 5.74) is 1.77. The van der Waals surface area contributed by atoms with E-state index in [4.69, 9.17) is 0 Å². The Balaban J connectivity index is 0.00000225. The van der Waals surface area contributed by atoms with Crippen molar-refractivity contribution in [3.05, 3.63) is 29.8 Å². The predicted octanol–water partition coefficient (Wildman–Crippen LogP) is 3.46. The summed E-state index contributed by atoms with van der Waals surface area (Å²) >= 11 is 0. The van der Waals surface area contributed by atoms with E-state index in [9.17, 15) is 5.11 Å². The normalized spacial score (nSPS) is 12.1. The Morgan fingerprint density at radius 1 is 0.938 bits per heavy atom. The molecular weight excluding hydrogens is 207 g/mol. The van der Waals surface area contributed by atoms with Crippen LogP contribution in [0.5, 0.6) is 5.75 Å². The summed E-state index contributed by atoms with van der Waals surface area (Å²) < 4.78 is 0. The van der Waals surface area contributed by atoms with Gasteiger partial charge in [0.25, 0.3) is 0 Å². The summed E-state index contributed by atoms with van der Waals surface area (Å²) in [6.07, 6.45) is 1.13. The van der Waals surface area contributed by atoms with Gasteiger partial charge in [0.15, 0.2) is 0 Å². The molecule has 1 rings (SSSR count). The van der Waals surface area contributed by atoms with Crippen LogP contribution in [0.1, 0.15) is 46.6 Å². The van der Waals surface area contributed by atoms with Gasteiger partial charge in [-0.25, -0.2) is 0 Å². The molecule has 0 aromatic heterocycles. The molecule has 1 aromatic carbocycles. The molecule has 0 spiro atoms. The third kappa shape index (κ3) is 4.90. The van der Waals surface area contributed by atoms with Crippen molar-refractivity contribution in [2.45, 2.75) is 46.5 Å². The van der Waals surface area contributed by atoms with Gasteiger partial charge < -0.3 is 5.11 Å². The number of hydrogen-bond donors (Lipinski definition) is 1. The van der Waals surface area contributed by atoms with Crippen molar-refractivity contribution >= 4 is 29.6 Å². The van der Waals surface area contributed by atoms with Gasteiger partial charge in [-0.1, -0.05) is 46.8 Å². The van der Waals surface area contributed by atoms with E-state index in [1.165, 1.54) is 5.56 Å². The third-order valence-corrected chi connectivity index (χ3v) is 2.62. The monoisotopic (exact) mass is 230 g/mol. The van der Waals surface area contributed by atoms with E-state index < -0.39 is 0 Å². The number of aromatic hydroxyl groups is 1. The molecule has 1 aromatic rings. The minimum absolute atomic E-state index is 0. The van der Waals surface area contributed by atoms with Crippen LogP contribution in [0, 0.1) is 5.41 Å². The maximum absolute atomic E-state index is 9.25.